The van der Waals surface area contributed by atoms with Gasteiger partial charge in [-0.3, -0.25) is 9.59 Å². The van der Waals surface area contributed by atoms with Crippen LogP contribution < -0.4 is 0 Å². The van der Waals surface area contributed by atoms with E-state index in [4.69, 9.17) is 4.74 Å². The van der Waals surface area contributed by atoms with Crippen LogP contribution in [-0.2, 0) is 14.3 Å². The Morgan fingerprint density at radius 2 is 1.90 bits per heavy atom. The highest BCUT2D eigenvalue weighted by Gasteiger charge is 2.38. The molecule has 0 aromatic carbocycles. The van der Waals surface area contributed by atoms with Crippen LogP contribution in [0.25, 0.3) is 0 Å². The maximum absolute atomic E-state index is 12.7. The van der Waals surface area contributed by atoms with Gasteiger partial charge in [-0.2, -0.15) is 0 Å². The monoisotopic (exact) mass is 283 g/mol. The van der Waals surface area contributed by atoms with Crippen LogP contribution >= 0.6 is 0 Å². The largest absolute Gasteiger partial charge is 0.481 e. The van der Waals surface area contributed by atoms with Crippen molar-refractivity contribution in [1.29, 1.82) is 0 Å². The lowest BCUT2D eigenvalue weighted by Gasteiger charge is -2.33. The molecule has 0 spiro atoms. The molecule has 1 heterocycles. The smallest absolute Gasteiger partial charge is 0.307 e. The van der Waals surface area contributed by atoms with E-state index in [1.165, 1.54) is 0 Å². The number of ether oxygens (including phenoxy) is 1. The zero-order chi connectivity index (χ0) is 14.5. The fraction of sp³-hybridized carbons (Fsp3) is 0.867. The number of carboxylic acids is 1. The van der Waals surface area contributed by atoms with Gasteiger partial charge < -0.3 is 14.7 Å². The number of amides is 1. The van der Waals surface area contributed by atoms with Crippen molar-refractivity contribution in [2.24, 2.45) is 17.8 Å². The molecule has 5 heteroatoms. The predicted molar refractivity (Wildman–Crippen MR) is 74.3 cm³/mol. The molecule has 0 bridgehead atoms. The number of carboxylic acid groups (broad SMARTS) is 1. The van der Waals surface area contributed by atoms with Gasteiger partial charge in [-0.15, -0.1) is 0 Å². The fourth-order valence-electron chi connectivity index (χ4n) is 3.37. The van der Waals surface area contributed by atoms with Gasteiger partial charge in [0.1, 0.15) is 0 Å². The Balaban J connectivity index is 1.99. The number of hydrogen-bond acceptors (Lipinski definition) is 3. The second-order valence-electron chi connectivity index (χ2n) is 5.94. The third-order valence-electron chi connectivity index (χ3n) is 4.60. The summed E-state index contributed by atoms with van der Waals surface area (Å²) in [4.78, 5) is 25.8. The Labute approximate surface area is 120 Å². The molecule has 3 atom stereocenters. The van der Waals surface area contributed by atoms with E-state index in [1.54, 1.807) is 0 Å². The van der Waals surface area contributed by atoms with Crippen molar-refractivity contribution < 1.29 is 19.4 Å². The summed E-state index contributed by atoms with van der Waals surface area (Å²) in [6.45, 7) is 4.82. The molecule has 1 saturated heterocycles. The van der Waals surface area contributed by atoms with Crippen LogP contribution in [0.15, 0.2) is 0 Å². The highest BCUT2D eigenvalue weighted by molar-refractivity contribution is 5.85. The molecule has 0 aromatic rings. The van der Waals surface area contributed by atoms with Crippen molar-refractivity contribution in [3.05, 3.63) is 0 Å². The van der Waals surface area contributed by atoms with Crippen molar-refractivity contribution in [2.75, 3.05) is 26.3 Å². The van der Waals surface area contributed by atoms with Gasteiger partial charge in [-0.25, -0.2) is 0 Å². The average molecular weight is 283 g/mol. The van der Waals surface area contributed by atoms with Gasteiger partial charge in [-0.05, 0) is 26.2 Å². The highest BCUT2D eigenvalue weighted by Crippen LogP contribution is 2.32. The van der Waals surface area contributed by atoms with E-state index in [1.807, 2.05) is 11.8 Å². The van der Waals surface area contributed by atoms with Gasteiger partial charge in [0.15, 0.2) is 0 Å². The molecule has 0 aromatic heterocycles. The molecular weight excluding hydrogens is 258 g/mol. The van der Waals surface area contributed by atoms with Crippen LogP contribution in [-0.4, -0.2) is 48.2 Å². The molecule has 1 aliphatic carbocycles. The van der Waals surface area contributed by atoms with Gasteiger partial charge in [-0.1, -0.05) is 12.8 Å². The molecule has 3 unspecified atom stereocenters. The second kappa shape index (κ2) is 7.07. The molecule has 2 aliphatic rings. The van der Waals surface area contributed by atoms with Gasteiger partial charge in [0.25, 0.3) is 0 Å². The number of carbonyl (C=O) groups excluding carboxylic acids is 1. The van der Waals surface area contributed by atoms with Crippen molar-refractivity contribution in [2.45, 2.75) is 39.0 Å². The van der Waals surface area contributed by atoms with E-state index in [-0.39, 0.29) is 11.8 Å². The van der Waals surface area contributed by atoms with Gasteiger partial charge in [0.2, 0.25) is 5.91 Å². The molecule has 20 heavy (non-hydrogen) atoms. The molecule has 2 fully saturated rings. The summed E-state index contributed by atoms with van der Waals surface area (Å²) in [6, 6.07) is 0. The first-order chi connectivity index (χ1) is 9.63. The second-order valence-corrected chi connectivity index (χ2v) is 5.94. The van der Waals surface area contributed by atoms with E-state index in [0.717, 1.165) is 32.5 Å². The Morgan fingerprint density at radius 1 is 1.20 bits per heavy atom. The summed E-state index contributed by atoms with van der Waals surface area (Å²) in [5, 5.41) is 9.31. The third-order valence-corrected chi connectivity index (χ3v) is 4.60. The minimum Gasteiger partial charge on any atom is -0.481 e. The minimum atomic E-state index is -0.816. The molecule has 5 nitrogen and oxygen atoms in total. The first-order valence-electron chi connectivity index (χ1n) is 7.72. The van der Waals surface area contributed by atoms with Crippen LogP contribution in [0.5, 0.6) is 0 Å². The Morgan fingerprint density at radius 3 is 2.45 bits per heavy atom. The van der Waals surface area contributed by atoms with E-state index in [0.29, 0.717) is 31.8 Å². The Hall–Kier alpha value is -1.10. The van der Waals surface area contributed by atoms with Gasteiger partial charge >= 0.3 is 5.97 Å². The first-order valence-corrected chi connectivity index (χ1v) is 7.72. The van der Waals surface area contributed by atoms with Crippen LogP contribution in [0.4, 0.5) is 0 Å². The van der Waals surface area contributed by atoms with Crippen LogP contribution in [0.2, 0.25) is 0 Å². The third kappa shape index (κ3) is 3.51. The number of hydrogen-bond donors (Lipinski definition) is 1. The van der Waals surface area contributed by atoms with E-state index in [2.05, 4.69) is 0 Å². The average Bonchev–Trinajstić information content (AvgIpc) is 2.97. The molecule has 114 valence electrons. The van der Waals surface area contributed by atoms with Crippen LogP contribution in [0.1, 0.15) is 39.0 Å². The van der Waals surface area contributed by atoms with Crippen molar-refractivity contribution in [3.8, 4) is 0 Å². The summed E-state index contributed by atoms with van der Waals surface area (Å²) in [5.41, 5.74) is 0. The van der Waals surface area contributed by atoms with E-state index in [9.17, 15) is 14.7 Å². The first kappa shape index (κ1) is 15.3. The predicted octanol–water partition coefficient (Wildman–Crippen LogP) is 1.76. The highest BCUT2D eigenvalue weighted by atomic mass is 16.5. The molecule has 1 N–H and O–H groups in total. The van der Waals surface area contributed by atoms with E-state index < -0.39 is 11.9 Å². The molecule has 1 saturated carbocycles. The molecule has 1 amide bonds. The van der Waals surface area contributed by atoms with Gasteiger partial charge in [0, 0.05) is 25.6 Å². The number of nitrogens with zero attached hydrogens (tertiary/aromatic N) is 1. The lowest BCUT2D eigenvalue weighted by atomic mass is 9.78. The van der Waals surface area contributed by atoms with Crippen molar-refractivity contribution in [1.82, 2.24) is 4.90 Å². The zero-order valence-corrected chi connectivity index (χ0v) is 12.2. The summed E-state index contributed by atoms with van der Waals surface area (Å²) in [6.07, 6.45) is 4.23. The maximum Gasteiger partial charge on any atom is 0.307 e. The lowest BCUT2D eigenvalue weighted by Crippen LogP contribution is -2.44. The summed E-state index contributed by atoms with van der Waals surface area (Å²) < 4.78 is 5.35. The van der Waals surface area contributed by atoms with E-state index >= 15 is 0 Å². The molecule has 0 radical (unpaired) electrons. The normalized spacial score (nSPS) is 30.1. The van der Waals surface area contributed by atoms with Crippen LogP contribution in [0, 0.1) is 17.8 Å². The minimum absolute atomic E-state index is 0.0338. The lowest BCUT2D eigenvalue weighted by molar-refractivity contribution is -0.152. The van der Waals surface area contributed by atoms with Crippen molar-refractivity contribution in [3.63, 3.8) is 0 Å². The maximum atomic E-state index is 12.7. The zero-order valence-electron chi connectivity index (χ0n) is 12.2. The fourth-order valence-corrected chi connectivity index (χ4v) is 3.37. The number of aliphatic carboxylic acids is 1. The SMILES string of the molecule is CCN(CC1CCOC1)C(=O)C1CCCCC1C(=O)O. The Bertz CT molecular complexity index is 352. The summed E-state index contributed by atoms with van der Waals surface area (Å²) in [5.74, 6) is -1.20. The Kier molecular flexibility index (Phi) is 5.40. The number of rotatable bonds is 5. The van der Waals surface area contributed by atoms with Gasteiger partial charge in [0.05, 0.1) is 18.4 Å². The number of carbonyl (C=O) groups is 2. The molecule has 1 aliphatic heterocycles. The summed E-state index contributed by atoms with van der Waals surface area (Å²) >= 11 is 0. The molecular formula is C15H25NO4. The van der Waals surface area contributed by atoms with Crippen molar-refractivity contribution >= 4 is 11.9 Å². The molecule has 2 rings (SSSR count). The topological polar surface area (TPSA) is 66.8 Å². The quantitative estimate of drug-likeness (QED) is 0.835. The summed E-state index contributed by atoms with van der Waals surface area (Å²) in [7, 11) is 0. The van der Waals surface area contributed by atoms with Crippen LogP contribution in [0.3, 0.4) is 0 Å². The standard InChI is InChI=1S/C15H25NO4/c1-2-16(9-11-7-8-20-10-11)14(17)12-5-3-4-6-13(12)15(18)19/h11-13H,2-10H2,1H3,(H,18,19).